The highest BCUT2D eigenvalue weighted by molar-refractivity contribution is 5.90. The van der Waals surface area contributed by atoms with Crippen LogP contribution < -0.4 is 5.32 Å². The van der Waals surface area contributed by atoms with Gasteiger partial charge in [0, 0.05) is 18.8 Å². The largest absolute Gasteiger partial charge is 0.391 e. The number of amides is 2. The van der Waals surface area contributed by atoms with Crippen molar-refractivity contribution in [2.75, 3.05) is 5.32 Å². The predicted octanol–water partition coefficient (Wildman–Crippen LogP) is 4.79. The Kier molecular flexibility index (Phi) is 5.33. The van der Waals surface area contributed by atoms with Crippen LogP contribution in [0.4, 0.5) is 10.5 Å². The molecule has 5 heteroatoms. The third kappa shape index (κ3) is 4.38. The third-order valence-electron chi connectivity index (χ3n) is 4.64. The number of anilines is 1. The minimum absolute atomic E-state index is 0.0937. The monoisotopic (exact) mass is 371 g/mol. The van der Waals surface area contributed by atoms with Crippen molar-refractivity contribution < 1.29 is 9.63 Å². The summed E-state index contributed by atoms with van der Waals surface area (Å²) < 4.78 is 0. The van der Waals surface area contributed by atoms with E-state index in [0.717, 1.165) is 16.8 Å². The summed E-state index contributed by atoms with van der Waals surface area (Å²) in [6, 6.07) is 25.4. The molecule has 0 spiro atoms. The number of fused-ring (bicyclic) bond motifs is 1. The highest BCUT2D eigenvalue weighted by Gasteiger charge is 2.22. The topological polar surface area (TPSA) is 53.9 Å². The van der Waals surface area contributed by atoms with Crippen LogP contribution in [0.2, 0.25) is 0 Å². The first-order valence-electron chi connectivity index (χ1n) is 9.20. The molecule has 5 nitrogen and oxygen atoms in total. The van der Waals surface area contributed by atoms with E-state index < -0.39 is 0 Å². The Morgan fingerprint density at radius 1 is 0.929 bits per heavy atom. The first-order valence-corrected chi connectivity index (χ1v) is 9.20. The maximum atomic E-state index is 12.5. The molecule has 0 unspecified atom stereocenters. The smallest absolute Gasteiger partial charge is 0.322 e. The zero-order valence-electron chi connectivity index (χ0n) is 15.4. The van der Waals surface area contributed by atoms with Crippen LogP contribution in [0.15, 0.2) is 84.0 Å². The number of carbonyl (C=O) groups is 1. The lowest BCUT2D eigenvalue weighted by Crippen LogP contribution is -2.30. The number of oxime groups is 1. The van der Waals surface area contributed by atoms with Crippen LogP contribution in [0, 0.1) is 0 Å². The normalized spacial score (nSPS) is 12.8. The molecule has 0 radical (unpaired) electrons. The highest BCUT2D eigenvalue weighted by atomic mass is 16.6. The van der Waals surface area contributed by atoms with E-state index in [1.807, 2.05) is 66.7 Å². The van der Waals surface area contributed by atoms with Crippen molar-refractivity contribution in [3.8, 4) is 0 Å². The van der Waals surface area contributed by atoms with Gasteiger partial charge in [-0.3, -0.25) is 0 Å². The molecule has 0 saturated carbocycles. The molecule has 0 bridgehead atoms. The van der Waals surface area contributed by atoms with Crippen LogP contribution in [0.5, 0.6) is 0 Å². The molecule has 2 amide bonds. The summed E-state index contributed by atoms with van der Waals surface area (Å²) in [5.41, 5.74) is 5.14. The molecular weight excluding hydrogens is 350 g/mol. The number of hydrogen-bond donors (Lipinski definition) is 1. The van der Waals surface area contributed by atoms with Gasteiger partial charge < -0.3 is 15.1 Å². The molecule has 140 valence electrons. The van der Waals surface area contributed by atoms with Gasteiger partial charge in [-0.2, -0.15) is 0 Å². The standard InChI is InChI=1S/C23H21N3O2/c27-23(26-15-20-8-4-5-9-21(20)16-26)25-22-12-10-18(11-13-22)14-24-28-17-19-6-2-1-3-7-19/h1-14H,15-17H2,(H,25,27). The fourth-order valence-corrected chi connectivity index (χ4v) is 3.12. The summed E-state index contributed by atoms with van der Waals surface area (Å²) in [5.74, 6) is 0. The quantitative estimate of drug-likeness (QED) is 0.518. The maximum Gasteiger partial charge on any atom is 0.322 e. The molecule has 1 N–H and O–H groups in total. The molecule has 1 aliphatic rings. The summed E-state index contributed by atoms with van der Waals surface area (Å²) in [7, 11) is 0. The SMILES string of the molecule is O=C(Nc1ccc(C=NOCc2ccccc2)cc1)N1Cc2ccccc2C1. The molecule has 0 aromatic heterocycles. The van der Waals surface area contributed by atoms with E-state index in [-0.39, 0.29) is 6.03 Å². The number of nitrogens with one attached hydrogen (secondary N) is 1. The van der Waals surface area contributed by atoms with Crippen molar-refractivity contribution in [2.24, 2.45) is 5.16 Å². The zero-order chi connectivity index (χ0) is 19.2. The molecule has 4 rings (SSSR count). The average Bonchev–Trinajstić information content (AvgIpc) is 3.18. The number of carbonyl (C=O) groups excluding carboxylic acids is 1. The minimum atomic E-state index is -0.0937. The Morgan fingerprint density at radius 3 is 2.25 bits per heavy atom. The second-order valence-corrected chi connectivity index (χ2v) is 6.67. The van der Waals surface area contributed by atoms with Gasteiger partial charge in [-0.05, 0) is 34.4 Å². The van der Waals surface area contributed by atoms with Gasteiger partial charge in [-0.15, -0.1) is 0 Å². The summed E-state index contributed by atoms with van der Waals surface area (Å²) in [6.45, 7) is 1.72. The number of urea groups is 1. The first kappa shape index (κ1) is 17.8. The van der Waals surface area contributed by atoms with Crippen molar-refractivity contribution in [1.82, 2.24) is 4.90 Å². The van der Waals surface area contributed by atoms with Crippen LogP contribution >= 0.6 is 0 Å². The summed E-state index contributed by atoms with van der Waals surface area (Å²) >= 11 is 0. The summed E-state index contributed by atoms with van der Waals surface area (Å²) in [4.78, 5) is 19.6. The average molecular weight is 371 g/mol. The van der Waals surface area contributed by atoms with Gasteiger partial charge in [0.05, 0.1) is 6.21 Å². The lowest BCUT2D eigenvalue weighted by Gasteiger charge is -2.16. The van der Waals surface area contributed by atoms with E-state index in [1.165, 1.54) is 11.1 Å². The van der Waals surface area contributed by atoms with Crippen LogP contribution in [0.1, 0.15) is 22.3 Å². The van der Waals surface area contributed by atoms with Crippen molar-refractivity contribution in [3.05, 3.63) is 101 Å². The van der Waals surface area contributed by atoms with Gasteiger partial charge in [-0.25, -0.2) is 4.79 Å². The van der Waals surface area contributed by atoms with E-state index in [4.69, 9.17) is 4.84 Å². The predicted molar refractivity (Wildman–Crippen MR) is 110 cm³/mol. The Morgan fingerprint density at radius 2 is 1.57 bits per heavy atom. The molecule has 0 aliphatic carbocycles. The van der Waals surface area contributed by atoms with Crippen LogP contribution in [-0.4, -0.2) is 17.1 Å². The van der Waals surface area contributed by atoms with E-state index in [0.29, 0.717) is 19.7 Å². The maximum absolute atomic E-state index is 12.5. The molecule has 1 aliphatic heterocycles. The molecule has 1 heterocycles. The molecule has 0 fully saturated rings. The van der Waals surface area contributed by atoms with Gasteiger partial charge in [0.1, 0.15) is 6.61 Å². The molecule has 3 aromatic rings. The fourth-order valence-electron chi connectivity index (χ4n) is 3.12. The summed E-state index contributed by atoms with van der Waals surface area (Å²) in [6.07, 6.45) is 1.66. The van der Waals surface area contributed by atoms with Crippen LogP contribution in [0.3, 0.4) is 0 Å². The lowest BCUT2D eigenvalue weighted by molar-refractivity contribution is 0.132. The Bertz CT molecular complexity index is 944. The number of nitrogens with zero attached hydrogens (tertiary/aromatic N) is 2. The second kappa shape index (κ2) is 8.39. The molecule has 0 saturated heterocycles. The Labute approximate surface area is 164 Å². The van der Waals surface area contributed by atoms with Crippen molar-refractivity contribution in [3.63, 3.8) is 0 Å². The number of benzene rings is 3. The van der Waals surface area contributed by atoms with Gasteiger partial charge in [0.2, 0.25) is 0 Å². The van der Waals surface area contributed by atoms with E-state index in [9.17, 15) is 4.79 Å². The van der Waals surface area contributed by atoms with Crippen molar-refractivity contribution >= 4 is 17.9 Å². The number of rotatable bonds is 5. The van der Waals surface area contributed by atoms with Crippen LogP contribution in [0.25, 0.3) is 0 Å². The molecule has 3 aromatic carbocycles. The third-order valence-corrected chi connectivity index (χ3v) is 4.64. The fraction of sp³-hybridized carbons (Fsp3) is 0.130. The van der Waals surface area contributed by atoms with E-state index in [2.05, 4.69) is 22.6 Å². The van der Waals surface area contributed by atoms with E-state index in [1.54, 1.807) is 11.1 Å². The zero-order valence-corrected chi connectivity index (χ0v) is 15.4. The summed E-state index contributed by atoms with van der Waals surface area (Å²) in [5, 5.41) is 6.94. The molecular formula is C23H21N3O2. The highest BCUT2D eigenvalue weighted by Crippen LogP contribution is 2.23. The second-order valence-electron chi connectivity index (χ2n) is 6.67. The van der Waals surface area contributed by atoms with Gasteiger partial charge in [-0.1, -0.05) is 71.9 Å². The Balaban J connectivity index is 1.27. The molecule has 28 heavy (non-hydrogen) atoms. The molecule has 0 atom stereocenters. The minimum Gasteiger partial charge on any atom is -0.391 e. The van der Waals surface area contributed by atoms with Gasteiger partial charge in [0.25, 0.3) is 0 Å². The van der Waals surface area contributed by atoms with Crippen molar-refractivity contribution in [2.45, 2.75) is 19.7 Å². The van der Waals surface area contributed by atoms with E-state index >= 15 is 0 Å². The Hall–Kier alpha value is -3.60. The van der Waals surface area contributed by atoms with Gasteiger partial charge >= 0.3 is 6.03 Å². The first-order chi connectivity index (χ1) is 13.8. The lowest BCUT2D eigenvalue weighted by atomic mass is 10.1. The van der Waals surface area contributed by atoms with Crippen molar-refractivity contribution in [1.29, 1.82) is 0 Å². The van der Waals surface area contributed by atoms with Crippen LogP contribution in [-0.2, 0) is 24.5 Å². The van der Waals surface area contributed by atoms with Gasteiger partial charge in [0.15, 0.2) is 0 Å². The number of hydrogen-bond acceptors (Lipinski definition) is 3.